The molecule has 242 valence electrons. The topological polar surface area (TPSA) is 168 Å². The van der Waals surface area contributed by atoms with Crippen LogP contribution in [0, 0.1) is 0 Å². The van der Waals surface area contributed by atoms with Crippen molar-refractivity contribution in [3.8, 4) is 0 Å². The number of rotatable bonds is 4. The van der Waals surface area contributed by atoms with E-state index in [1.807, 2.05) is 24.3 Å². The number of anilines is 2. The van der Waals surface area contributed by atoms with Crippen molar-refractivity contribution >= 4 is 59.1 Å². The summed E-state index contributed by atoms with van der Waals surface area (Å²) < 4.78 is 5.08. The molecule has 12 heteroatoms. The van der Waals surface area contributed by atoms with Crippen LogP contribution in [0.25, 0.3) is 12.2 Å². The van der Waals surface area contributed by atoms with Gasteiger partial charge in [0.1, 0.15) is 24.2 Å². The number of imide groups is 1. The van der Waals surface area contributed by atoms with Gasteiger partial charge in [0.2, 0.25) is 5.91 Å². The molecule has 4 atom stereocenters. The summed E-state index contributed by atoms with van der Waals surface area (Å²) in [4.78, 5) is 79.1. The average molecular weight is 647 g/mol. The molecule has 0 fully saturated rings. The summed E-state index contributed by atoms with van der Waals surface area (Å²) in [5.74, 6) is -3.47. The number of carboxylic acid groups (broad SMARTS) is 1. The second kappa shape index (κ2) is 11.7. The van der Waals surface area contributed by atoms with Gasteiger partial charge in [0, 0.05) is 12.8 Å². The van der Waals surface area contributed by atoms with E-state index in [0.717, 1.165) is 27.3 Å². The highest BCUT2D eigenvalue weighted by molar-refractivity contribution is 6.24. The molecule has 0 saturated carbocycles. The van der Waals surface area contributed by atoms with Crippen molar-refractivity contribution in [2.45, 2.75) is 43.9 Å². The first-order valence-electron chi connectivity index (χ1n) is 15.5. The molecule has 0 radical (unpaired) electrons. The van der Waals surface area contributed by atoms with Crippen molar-refractivity contribution in [3.05, 3.63) is 106 Å². The zero-order valence-electron chi connectivity index (χ0n) is 25.7. The third-order valence-electron chi connectivity index (χ3n) is 9.13. The molecule has 0 aliphatic carbocycles. The van der Waals surface area contributed by atoms with Gasteiger partial charge >= 0.3 is 11.9 Å². The number of carbonyl (C=O) groups excluding carboxylic acids is 5. The second-order valence-electron chi connectivity index (χ2n) is 11.9. The van der Waals surface area contributed by atoms with Gasteiger partial charge in [-0.1, -0.05) is 72.8 Å². The van der Waals surface area contributed by atoms with Crippen LogP contribution in [0.4, 0.5) is 11.4 Å². The van der Waals surface area contributed by atoms with E-state index >= 15 is 0 Å². The number of benzene rings is 3. The van der Waals surface area contributed by atoms with Crippen LogP contribution in [0.5, 0.6) is 0 Å². The molecule has 3 N–H and O–H groups in total. The van der Waals surface area contributed by atoms with E-state index < -0.39 is 47.9 Å². The Morgan fingerprint density at radius 1 is 0.750 bits per heavy atom. The molecule has 12 nitrogen and oxygen atoms in total. The van der Waals surface area contributed by atoms with Gasteiger partial charge in [-0.05, 0) is 41.3 Å². The standard InChI is InChI=1S/C21H14N2O5.C15H16N2O3/c24-18-13-6-1-2-7-14(13)19(25)23(18)15-9-8-11-4-3-5-12-10-16(21(27)28)22(17(11)12)20(15)26;1-2-20-15(19)12-8-10-5-3-4-9-6-7-11(16)14(18)17(12)13(9)10/h1-9,15-16H,10H2,(H,27,28);3-7,11-12H,2,8,16H2,1H3/t15-,16-;11-,12-/m00/s1. The molecular formula is C36H30N4O8. The van der Waals surface area contributed by atoms with Crippen molar-refractivity contribution in [1.82, 2.24) is 4.90 Å². The molecule has 0 saturated heterocycles. The average Bonchev–Trinajstić information content (AvgIpc) is 3.69. The van der Waals surface area contributed by atoms with Crippen LogP contribution in [0.3, 0.4) is 0 Å². The van der Waals surface area contributed by atoms with Gasteiger partial charge < -0.3 is 15.6 Å². The van der Waals surface area contributed by atoms with Crippen LogP contribution in [0.1, 0.15) is 49.9 Å². The Kier molecular flexibility index (Phi) is 7.52. The molecule has 5 aliphatic rings. The lowest BCUT2D eigenvalue weighted by Gasteiger charge is -2.29. The van der Waals surface area contributed by atoms with Crippen LogP contribution in [-0.2, 0) is 36.8 Å². The Balaban J connectivity index is 0.000000161. The third-order valence-corrected chi connectivity index (χ3v) is 9.13. The van der Waals surface area contributed by atoms with Crippen LogP contribution < -0.4 is 15.5 Å². The van der Waals surface area contributed by atoms with Crippen LogP contribution in [-0.4, -0.2) is 76.3 Å². The smallest absolute Gasteiger partial charge is 0.329 e. The highest BCUT2D eigenvalue weighted by Gasteiger charge is 2.48. The molecule has 0 aromatic heterocycles. The minimum atomic E-state index is -1.20. The number of carbonyl (C=O) groups is 6. The van der Waals surface area contributed by atoms with Gasteiger partial charge in [-0.2, -0.15) is 0 Å². The molecule has 0 bridgehead atoms. The van der Waals surface area contributed by atoms with E-state index in [0.29, 0.717) is 24.3 Å². The van der Waals surface area contributed by atoms with Crippen molar-refractivity contribution in [2.24, 2.45) is 5.73 Å². The fourth-order valence-corrected chi connectivity index (χ4v) is 7.00. The number of nitrogens with zero attached hydrogens (tertiary/aromatic N) is 3. The van der Waals surface area contributed by atoms with Crippen LogP contribution in [0.15, 0.2) is 72.8 Å². The molecule has 8 rings (SSSR count). The van der Waals surface area contributed by atoms with Crippen LogP contribution >= 0.6 is 0 Å². The maximum absolute atomic E-state index is 13.4. The van der Waals surface area contributed by atoms with E-state index in [9.17, 15) is 33.9 Å². The summed E-state index contributed by atoms with van der Waals surface area (Å²) in [7, 11) is 0. The SMILES string of the molecule is CCOC(=O)[C@@H]1Cc2cccc3c2N1C(=O)[C@@H](N)C=C3.O=C(O)[C@@H]1Cc2cccc3c2N1C(=O)[C@@H](N1C(=O)c2ccccc2C1=O)C=C3. The molecule has 0 spiro atoms. The number of hydrogen-bond donors (Lipinski definition) is 2. The van der Waals surface area contributed by atoms with Crippen molar-refractivity contribution in [2.75, 3.05) is 16.4 Å². The second-order valence-corrected chi connectivity index (χ2v) is 11.9. The monoisotopic (exact) mass is 646 g/mol. The Morgan fingerprint density at radius 2 is 1.29 bits per heavy atom. The first kappa shape index (κ1) is 30.8. The van der Waals surface area contributed by atoms with E-state index in [2.05, 4.69) is 0 Å². The van der Waals surface area contributed by atoms with Gasteiger partial charge in [-0.15, -0.1) is 0 Å². The highest BCUT2D eigenvalue weighted by Crippen LogP contribution is 2.41. The van der Waals surface area contributed by atoms with E-state index in [1.165, 1.54) is 15.9 Å². The highest BCUT2D eigenvalue weighted by atomic mass is 16.5. The predicted octanol–water partition coefficient (Wildman–Crippen LogP) is 2.58. The summed E-state index contributed by atoms with van der Waals surface area (Å²) in [6, 6.07) is 13.9. The zero-order valence-corrected chi connectivity index (χ0v) is 25.7. The van der Waals surface area contributed by atoms with E-state index in [-0.39, 0.29) is 29.4 Å². The summed E-state index contributed by atoms with van der Waals surface area (Å²) in [6.07, 6.45) is 7.35. The number of aliphatic carboxylic acids is 1. The zero-order chi connectivity index (χ0) is 33.9. The minimum absolute atomic E-state index is 0.187. The Bertz CT molecular complexity index is 1970. The molecule has 4 amide bonds. The fourth-order valence-electron chi connectivity index (χ4n) is 7.00. The molecule has 48 heavy (non-hydrogen) atoms. The summed E-state index contributed by atoms with van der Waals surface area (Å²) in [5, 5.41) is 9.65. The van der Waals surface area contributed by atoms with Crippen molar-refractivity contribution in [1.29, 1.82) is 0 Å². The lowest BCUT2D eigenvalue weighted by Crippen LogP contribution is -2.53. The van der Waals surface area contributed by atoms with E-state index in [4.69, 9.17) is 10.5 Å². The number of amides is 4. The van der Waals surface area contributed by atoms with Gasteiger partial charge in [0.15, 0.2) is 0 Å². The Labute approximate surface area is 274 Å². The molecule has 3 aromatic rings. The molecule has 5 aliphatic heterocycles. The first-order chi connectivity index (χ1) is 23.1. The molecule has 0 unspecified atom stereocenters. The molecule has 3 aromatic carbocycles. The van der Waals surface area contributed by atoms with Gasteiger partial charge in [0.05, 0.1) is 29.1 Å². The van der Waals surface area contributed by atoms with Gasteiger partial charge in [0.25, 0.3) is 17.7 Å². The number of para-hydroxylation sites is 2. The Hall–Kier alpha value is -5.88. The number of fused-ring (bicyclic) bond motifs is 1. The first-order valence-corrected chi connectivity index (χ1v) is 15.5. The summed E-state index contributed by atoms with van der Waals surface area (Å²) >= 11 is 0. The molecule has 5 heterocycles. The maximum Gasteiger partial charge on any atom is 0.329 e. The number of hydrogen-bond acceptors (Lipinski definition) is 8. The van der Waals surface area contributed by atoms with Gasteiger partial charge in [-0.3, -0.25) is 33.9 Å². The van der Waals surface area contributed by atoms with Crippen LogP contribution in [0.2, 0.25) is 0 Å². The normalized spacial score (nSPS) is 22.8. The number of carboxylic acids is 1. The fraction of sp³-hybridized carbons (Fsp3) is 0.222. The van der Waals surface area contributed by atoms with Crippen molar-refractivity contribution in [3.63, 3.8) is 0 Å². The Morgan fingerprint density at radius 3 is 1.85 bits per heavy atom. The molecular weight excluding hydrogens is 616 g/mol. The summed E-state index contributed by atoms with van der Waals surface area (Å²) in [6.45, 7) is 2.05. The lowest BCUT2D eigenvalue weighted by molar-refractivity contribution is -0.145. The van der Waals surface area contributed by atoms with Crippen molar-refractivity contribution < 1.29 is 38.6 Å². The van der Waals surface area contributed by atoms with Gasteiger partial charge in [-0.25, -0.2) is 9.59 Å². The number of nitrogens with two attached hydrogens (primary N) is 1. The number of ether oxygens (including phenoxy) is 1. The minimum Gasteiger partial charge on any atom is -0.480 e. The number of esters is 1. The largest absolute Gasteiger partial charge is 0.480 e. The van der Waals surface area contributed by atoms with E-state index in [1.54, 1.807) is 61.5 Å². The third kappa shape index (κ3) is 4.71. The lowest BCUT2D eigenvalue weighted by atomic mass is 10.1. The summed E-state index contributed by atoms with van der Waals surface area (Å²) in [5.41, 5.74) is 11.0. The quantitative estimate of drug-likeness (QED) is 0.320. The predicted molar refractivity (Wildman–Crippen MR) is 174 cm³/mol. The maximum atomic E-state index is 13.4.